The molecule has 0 bridgehead atoms. The number of nitrogens with zero attached hydrogens (tertiary/aromatic N) is 2. The van der Waals surface area contributed by atoms with Gasteiger partial charge in [-0.3, -0.25) is 13.9 Å². The fraction of sp³-hybridized carbons (Fsp3) is 0.364. The van der Waals surface area contributed by atoms with Crippen LogP contribution in [0.1, 0.15) is 30.1 Å². The van der Waals surface area contributed by atoms with Crippen LogP contribution in [0.4, 0.5) is 5.69 Å². The molecule has 160 valence electrons. The molecular weight excluding hydrogens is 404 g/mol. The quantitative estimate of drug-likeness (QED) is 0.658. The van der Waals surface area contributed by atoms with Gasteiger partial charge in [-0.1, -0.05) is 18.2 Å². The molecule has 2 aromatic carbocycles. The normalized spacial score (nSPS) is 16.7. The fourth-order valence-electron chi connectivity index (χ4n) is 3.50. The molecule has 8 heteroatoms. The SMILES string of the molecule is CCOC(=O)C1CCCN(C(=O)c2ccc(S(=O)(=O)N(C)c3ccccc3)cc2)C1. The fourth-order valence-corrected chi connectivity index (χ4v) is 4.70. The number of benzene rings is 2. The summed E-state index contributed by atoms with van der Waals surface area (Å²) in [4.78, 5) is 26.6. The van der Waals surface area contributed by atoms with E-state index in [1.165, 1.54) is 35.6 Å². The van der Waals surface area contributed by atoms with Crippen LogP contribution in [0.3, 0.4) is 0 Å². The number of esters is 1. The number of sulfonamides is 1. The second kappa shape index (κ2) is 9.30. The van der Waals surface area contributed by atoms with E-state index < -0.39 is 10.0 Å². The van der Waals surface area contributed by atoms with Gasteiger partial charge >= 0.3 is 5.97 Å². The van der Waals surface area contributed by atoms with Crippen LogP contribution in [0.25, 0.3) is 0 Å². The van der Waals surface area contributed by atoms with Gasteiger partial charge in [0.2, 0.25) is 0 Å². The molecule has 3 rings (SSSR count). The number of piperidine rings is 1. The van der Waals surface area contributed by atoms with Crippen molar-refractivity contribution in [3.8, 4) is 0 Å². The van der Waals surface area contributed by atoms with Crippen molar-refractivity contribution in [3.05, 3.63) is 60.2 Å². The largest absolute Gasteiger partial charge is 0.466 e. The summed E-state index contributed by atoms with van der Waals surface area (Å²) in [6.45, 7) is 2.95. The third-order valence-electron chi connectivity index (χ3n) is 5.21. The van der Waals surface area contributed by atoms with Crippen molar-refractivity contribution >= 4 is 27.6 Å². The summed E-state index contributed by atoms with van der Waals surface area (Å²) in [6, 6.07) is 14.7. The molecule has 0 radical (unpaired) electrons. The maximum absolute atomic E-state index is 12.9. The zero-order valence-corrected chi connectivity index (χ0v) is 18.0. The first-order valence-electron chi connectivity index (χ1n) is 9.94. The molecule has 1 aliphatic rings. The third kappa shape index (κ3) is 4.64. The molecule has 0 aromatic heterocycles. The lowest BCUT2D eigenvalue weighted by molar-refractivity contribution is -0.149. The smallest absolute Gasteiger partial charge is 0.310 e. The number of ether oxygens (including phenoxy) is 1. The van der Waals surface area contributed by atoms with Gasteiger partial charge in [-0.05, 0) is 56.2 Å². The highest BCUT2D eigenvalue weighted by atomic mass is 32.2. The zero-order chi connectivity index (χ0) is 21.7. The van der Waals surface area contributed by atoms with E-state index in [-0.39, 0.29) is 22.7 Å². The minimum Gasteiger partial charge on any atom is -0.466 e. The Morgan fingerprint density at radius 3 is 2.40 bits per heavy atom. The summed E-state index contributed by atoms with van der Waals surface area (Å²) in [5.41, 5.74) is 0.941. The Hall–Kier alpha value is -2.87. The van der Waals surface area contributed by atoms with Gasteiger partial charge < -0.3 is 9.64 Å². The van der Waals surface area contributed by atoms with Crippen molar-refractivity contribution in [1.29, 1.82) is 0 Å². The van der Waals surface area contributed by atoms with Gasteiger partial charge in [-0.2, -0.15) is 0 Å². The monoisotopic (exact) mass is 430 g/mol. The number of hydrogen-bond acceptors (Lipinski definition) is 5. The molecule has 30 heavy (non-hydrogen) atoms. The highest BCUT2D eigenvalue weighted by Crippen LogP contribution is 2.23. The van der Waals surface area contributed by atoms with E-state index in [9.17, 15) is 18.0 Å². The average molecular weight is 431 g/mol. The molecule has 0 N–H and O–H groups in total. The standard InChI is InChI=1S/C22H26N2O5S/c1-3-29-22(26)18-8-7-15-24(16-18)21(25)17-11-13-20(14-12-17)30(27,28)23(2)19-9-5-4-6-10-19/h4-6,9-14,18H,3,7-8,15-16H2,1-2H3. The molecule has 1 fully saturated rings. The number of carbonyl (C=O) groups excluding carboxylic acids is 2. The van der Waals surface area contributed by atoms with Gasteiger partial charge in [0.1, 0.15) is 0 Å². The van der Waals surface area contributed by atoms with E-state index in [1.807, 2.05) is 6.07 Å². The van der Waals surface area contributed by atoms with Crippen molar-refractivity contribution in [1.82, 2.24) is 4.90 Å². The van der Waals surface area contributed by atoms with Crippen molar-refractivity contribution in [2.75, 3.05) is 31.0 Å². The molecule has 1 heterocycles. The first-order valence-corrected chi connectivity index (χ1v) is 11.4. The van der Waals surface area contributed by atoms with Gasteiger partial charge in [0, 0.05) is 25.7 Å². The van der Waals surface area contributed by atoms with Crippen molar-refractivity contribution in [2.24, 2.45) is 5.92 Å². The Morgan fingerprint density at radius 2 is 1.77 bits per heavy atom. The molecule has 7 nitrogen and oxygen atoms in total. The van der Waals surface area contributed by atoms with Gasteiger partial charge in [0.25, 0.3) is 15.9 Å². The maximum Gasteiger partial charge on any atom is 0.310 e. The van der Waals surface area contributed by atoms with Crippen LogP contribution in [0.15, 0.2) is 59.5 Å². The van der Waals surface area contributed by atoms with E-state index in [0.29, 0.717) is 37.4 Å². The molecule has 1 atom stereocenters. The number of likely N-dealkylation sites (tertiary alicyclic amines) is 1. The first-order chi connectivity index (χ1) is 14.3. The second-order valence-corrected chi connectivity index (χ2v) is 9.14. The Bertz CT molecular complexity index is 990. The van der Waals surface area contributed by atoms with Gasteiger partial charge in [0.05, 0.1) is 23.1 Å². The average Bonchev–Trinajstić information content (AvgIpc) is 2.79. The zero-order valence-electron chi connectivity index (χ0n) is 17.2. The number of amides is 1. The second-order valence-electron chi connectivity index (χ2n) is 7.17. The van der Waals surface area contributed by atoms with Crippen LogP contribution in [0.5, 0.6) is 0 Å². The predicted molar refractivity (Wildman–Crippen MR) is 114 cm³/mol. The summed E-state index contributed by atoms with van der Waals surface area (Å²) >= 11 is 0. The minimum absolute atomic E-state index is 0.105. The lowest BCUT2D eigenvalue weighted by Crippen LogP contribution is -2.42. The van der Waals surface area contributed by atoms with Crippen molar-refractivity contribution in [2.45, 2.75) is 24.7 Å². The van der Waals surface area contributed by atoms with E-state index in [1.54, 1.807) is 36.1 Å². The van der Waals surface area contributed by atoms with Gasteiger partial charge in [-0.25, -0.2) is 8.42 Å². The van der Waals surface area contributed by atoms with Crippen LogP contribution in [0, 0.1) is 5.92 Å². The minimum atomic E-state index is -3.74. The van der Waals surface area contributed by atoms with Crippen molar-refractivity contribution in [3.63, 3.8) is 0 Å². The number of anilines is 1. The first kappa shape index (κ1) is 21.8. The third-order valence-corrected chi connectivity index (χ3v) is 7.01. The van der Waals surface area contributed by atoms with E-state index in [2.05, 4.69) is 0 Å². The molecule has 2 aromatic rings. The van der Waals surface area contributed by atoms with Gasteiger partial charge in [-0.15, -0.1) is 0 Å². The van der Waals surface area contributed by atoms with Crippen LogP contribution in [0.2, 0.25) is 0 Å². The number of carbonyl (C=O) groups is 2. The lowest BCUT2D eigenvalue weighted by Gasteiger charge is -2.31. The van der Waals surface area contributed by atoms with E-state index >= 15 is 0 Å². The molecule has 1 unspecified atom stereocenters. The predicted octanol–water partition coefficient (Wildman–Crippen LogP) is 2.93. The molecule has 0 aliphatic carbocycles. The summed E-state index contributed by atoms with van der Waals surface area (Å²) in [5.74, 6) is -0.813. The topological polar surface area (TPSA) is 84.0 Å². The molecule has 1 aliphatic heterocycles. The van der Waals surface area contributed by atoms with E-state index in [4.69, 9.17) is 4.74 Å². The Kier molecular flexibility index (Phi) is 6.77. The Morgan fingerprint density at radius 1 is 1.10 bits per heavy atom. The number of hydrogen-bond donors (Lipinski definition) is 0. The number of para-hydroxylation sites is 1. The highest BCUT2D eigenvalue weighted by Gasteiger charge is 2.30. The summed E-state index contributed by atoms with van der Waals surface area (Å²) in [5, 5.41) is 0. The molecule has 0 spiro atoms. The van der Waals surface area contributed by atoms with Crippen LogP contribution >= 0.6 is 0 Å². The molecule has 1 amide bonds. The highest BCUT2D eigenvalue weighted by molar-refractivity contribution is 7.92. The summed E-state index contributed by atoms with van der Waals surface area (Å²) in [6.07, 6.45) is 1.43. The van der Waals surface area contributed by atoms with Crippen LogP contribution in [-0.4, -0.2) is 51.9 Å². The molecule has 1 saturated heterocycles. The Labute approximate surface area is 177 Å². The van der Waals surface area contributed by atoms with Crippen LogP contribution in [-0.2, 0) is 19.6 Å². The van der Waals surface area contributed by atoms with Gasteiger partial charge in [0.15, 0.2) is 0 Å². The van der Waals surface area contributed by atoms with Crippen molar-refractivity contribution < 1.29 is 22.7 Å². The summed E-state index contributed by atoms with van der Waals surface area (Å²) in [7, 11) is -2.25. The number of rotatable bonds is 6. The van der Waals surface area contributed by atoms with E-state index in [0.717, 1.165) is 6.42 Å². The van der Waals surface area contributed by atoms with Crippen LogP contribution < -0.4 is 4.31 Å². The molecule has 0 saturated carbocycles. The lowest BCUT2D eigenvalue weighted by atomic mass is 9.97. The Balaban J connectivity index is 1.73. The maximum atomic E-state index is 12.9. The summed E-state index contributed by atoms with van der Waals surface area (Å²) < 4.78 is 32.0. The molecular formula is C22H26N2O5S.